The quantitative estimate of drug-likeness (QED) is 0.669. The molecule has 2 bridgehead atoms. The smallest absolute Gasteiger partial charge is 0.299 e. The molecule has 2 saturated carbocycles. The molecule has 17 heavy (non-hydrogen) atoms. The first-order valence-corrected chi connectivity index (χ1v) is 5.68. The van der Waals surface area contributed by atoms with Crippen LogP contribution in [0.3, 0.4) is 0 Å². The van der Waals surface area contributed by atoms with Crippen LogP contribution in [0.2, 0.25) is 0 Å². The van der Waals surface area contributed by atoms with Crippen LogP contribution in [0, 0.1) is 22.7 Å². The summed E-state index contributed by atoms with van der Waals surface area (Å²) in [7, 11) is 0. The van der Waals surface area contributed by atoms with E-state index in [0.29, 0.717) is 12.8 Å². The van der Waals surface area contributed by atoms with Gasteiger partial charge in [0, 0.05) is 5.92 Å². The normalized spacial score (nSPS) is 39.8. The molecule has 0 aromatic carbocycles. The fraction of sp³-hybridized carbons (Fsp3) is 0.833. The molecule has 3 atom stereocenters. The van der Waals surface area contributed by atoms with Gasteiger partial charge in [0.05, 0.1) is 5.92 Å². The van der Waals surface area contributed by atoms with Gasteiger partial charge >= 0.3 is 6.18 Å². The fourth-order valence-electron chi connectivity index (χ4n) is 3.64. The Kier molecular flexibility index (Phi) is 2.31. The largest absolute Gasteiger partial charge is 0.450 e. The van der Waals surface area contributed by atoms with Gasteiger partial charge in [0.2, 0.25) is 5.78 Å². The minimum absolute atomic E-state index is 0.399. The van der Waals surface area contributed by atoms with E-state index in [9.17, 15) is 22.8 Å². The van der Waals surface area contributed by atoms with Crippen LogP contribution in [-0.4, -0.2) is 17.7 Å². The molecule has 3 unspecified atom stereocenters. The topological polar surface area (TPSA) is 34.1 Å². The Morgan fingerprint density at radius 3 is 2.18 bits per heavy atom. The number of hydrogen-bond donors (Lipinski definition) is 0. The molecule has 2 nitrogen and oxygen atoms in total. The molecular weight excluding hydrogens is 233 g/mol. The first-order valence-electron chi connectivity index (χ1n) is 5.68. The summed E-state index contributed by atoms with van der Waals surface area (Å²) in [4.78, 5) is 23.4. The molecule has 2 rings (SSSR count). The highest BCUT2D eigenvalue weighted by molar-refractivity contribution is 6.09. The molecule has 96 valence electrons. The Morgan fingerprint density at radius 1 is 1.29 bits per heavy atom. The molecule has 0 saturated heterocycles. The summed E-state index contributed by atoms with van der Waals surface area (Å²) in [5.41, 5.74) is -1.36. The van der Waals surface area contributed by atoms with Gasteiger partial charge in [-0.25, -0.2) is 0 Å². The van der Waals surface area contributed by atoms with E-state index < -0.39 is 40.4 Å². The number of hydrogen-bond acceptors (Lipinski definition) is 2. The van der Waals surface area contributed by atoms with Crippen molar-refractivity contribution in [2.24, 2.45) is 22.7 Å². The van der Waals surface area contributed by atoms with Crippen molar-refractivity contribution < 1.29 is 22.8 Å². The third-order valence-electron chi connectivity index (χ3n) is 5.10. The summed E-state index contributed by atoms with van der Waals surface area (Å²) in [6, 6.07) is 0. The first kappa shape index (κ1) is 12.6. The summed E-state index contributed by atoms with van der Waals surface area (Å²) in [6.45, 7) is 5.24. The minimum atomic E-state index is -4.91. The lowest BCUT2D eigenvalue weighted by molar-refractivity contribution is -0.181. The Bertz CT molecular complexity index is 397. The van der Waals surface area contributed by atoms with Gasteiger partial charge in [-0.2, -0.15) is 13.2 Å². The molecule has 2 aliphatic rings. The molecular formula is C12H15F3O2. The molecule has 0 amide bonds. The zero-order valence-electron chi connectivity index (χ0n) is 10.0. The van der Waals surface area contributed by atoms with E-state index in [2.05, 4.69) is 0 Å². The molecule has 2 fully saturated rings. The van der Waals surface area contributed by atoms with Gasteiger partial charge in [-0.05, 0) is 23.7 Å². The molecule has 0 aliphatic heterocycles. The molecule has 0 aromatic heterocycles. The summed E-state index contributed by atoms with van der Waals surface area (Å²) >= 11 is 0. The Labute approximate surface area is 97.6 Å². The van der Waals surface area contributed by atoms with E-state index >= 15 is 0 Å². The van der Waals surface area contributed by atoms with Crippen LogP contribution in [0.15, 0.2) is 0 Å². The fourth-order valence-corrected chi connectivity index (χ4v) is 3.64. The number of carbonyl (C=O) groups is 2. The standard InChI is InChI=1S/C12H15F3O2/c1-10(2)6-4-5-11(10,3)7(8(6)16)9(17)12(13,14)15/h6-7H,4-5H2,1-3H3. The van der Waals surface area contributed by atoms with Gasteiger partial charge in [0.25, 0.3) is 0 Å². The number of ketones is 2. The molecule has 0 aromatic rings. The highest BCUT2D eigenvalue weighted by Crippen LogP contribution is 2.67. The number of halogens is 3. The van der Waals surface area contributed by atoms with Crippen LogP contribution in [0.1, 0.15) is 33.6 Å². The van der Waals surface area contributed by atoms with Crippen molar-refractivity contribution in [2.75, 3.05) is 0 Å². The number of alkyl halides is 3. The van der Waals surface area contributed by atoms with E-state index in [1.165, 1.54) is 0 Å². The third-order valence-corrected chi connectivity index (χ3v) is 5.10. The van der Waals surface area contributed by atoms with Gasteiger partial charge in [0.15, 0.2) is 0 Å². The number of rotatable bonds is 1. The van der Waals surface area contributed by atoms with Crippen LogP contribution in [0.25, 0.3) is 0 Å². The Hall–Kier alpha value is -0.870. The van der Waals surface area contributed by atoms with E-state index in [0.717, 1.165) is 0 Å². The maximum atomic E-state index is 12.5. The average Bonchev–Trinajstić information content (AvgIpc) is 2.44. The van der Waals surface area contributed by atoms with Crippen molar-refractivity contribution in [1.29, 1.82) is 0 Å². The third kappa shape index (κ3) is 1.34. The molecule has 0 N–H and O–H groups in total. The van der Waals surface area contributed by atoms with Crippen LogP contribution < -0.4 is 0 Å². The number of carbonyl (C=O) groups excluding carboxylic acids is 2. The van der Waals surface area contributed by atoms with Crippen molar-refractivity contribution in [1.82, 2.24) is 0 Å². The first-order chi connectivity index (χ1) is 7.53. The zero-order valence-corrected chi connectivity index (χ0v) is 10.0. The lowest BCUT2D eigenvalue weighted by atomic mass is 9.65. The van der Waals surface area contributed by atoms with Gasteiger partial charge in [0.1, 0.15) is 5.78 Å². The molecule has 2 aliphatic carbocycles. The zero-order chi connectivity index (χ0) is 13.2. The molecule has 0 heterocycles. The monoisotopic (exact) mass is 248 g/mol. The molecule has 5 heteroatoms. The predicted octanol–water partition coefficient (Wildman–Crippen LogP) is 2.76. The number of fused-ring (bicyclic) bond motifs is 2. The van der Waals surface area contributed by atoms with Crippen molar-refractivity contribution in [2.45, 2.75) is 39.8 Å². The minimum Gasteiger partial charge on any atom is -0.299 e. The van der Waals surface area contributed by atoms with Gasteiger partial charge in [-0.1, -0.05) is 20.8 Å². The van der Waals surface area contributed by atoms with Crippen molar-refractivity contribution >= 4 is 11.6 Å². The van der Waals surface area contributed by atoms with Crippen LogP contribution in [0.5, 0.6) is 0 Å². The van der Waals surface area contributed by atoms with Gasteiger partial charge < -0.3 is 0 Å². The summed E-state index contributed by atoms with van der Waals surface area (Å²) < 4.78 is 37.6. The van der Waals surface area contributed by atoms with Crippen molar-refractivity contribution in [3.8, 4) is 0 Å². The summed E-state index contributed by atoms with van der Waals surface area (Å²) in [5, 5.41) is 0. The lowest BCUT2D eigenvalue weighted by Gasteiger charge is -2.37. The average molecular weight is 248 g/mol. The van der Waals surface area contributed by atoms with Gasteiger partial charge in [-0.3, -0.25) is 9.59 Å². The summed E-state index contributed by atoms with van der Waals surface area (Å²) in [5.74, 6) is -4.26. The van der Waals surface area contributed by atoms with Crippen molar-refractivity contribution in [3.63, 3.8) is 0 Å². The second kappa shape index (κ2) is 3.12. The highest BCUT2D eigenvalue weighted by atomic mass is 19.4. The number of Topliss-reactive ketones (excluding diaryl/α,β-unsaturated/α-hetero) is 2. The predicted molar refractivity (Wildman–Crippen MR) is 54.2 cm³/mol. The van der Waals surface area contributed by atoms with E-state index in [4.69, 9.17) is 0 Å². The maximum absolute atomic E-state index is 12.5. The van der Waals surface area contributed by atoms with E-state index in [1.54, 1.807) is 20.8 Å². The van der Waals surface area contributed by atoms with Crippen LogP contribution in [-0.2, 0) is 9.59 Å². The Balaban J connectivity index is 2.46. The second-order valence-corrected chi connectivity index (χ2v) is 5.93. The Morgan fingerprint density at radius 2 is 1.82 bits per heavy atom. The van der Waals surface area contributed by atoms with Crippen LogP contribution in [0.4, 0.5) is 13.2 Å². The molecule has 0 spiro atoms. The lowest BCUT2D eigenvalue weighted by Crippen LogP contribution is -2.44. The van der Waals surface area contributed by atoms with E-state index in [1.807, 2.05) is 0 Å². The van der Waals surface area contributed by atoms with Gasteiger partial charge in [-0.15, -0.1) is 0 Å². The highest BCUT2D eigenvalue weighted by Gasteiger charge is 2.70. The second-order valence-electron chi connectivity index (χ2n) is 5.93. The summed E-state index contributed by atoms with van der Waals surface area (Å²) in [6.07, 6.45) is -3.79. The maximum Gasteiger partial charge on any atom is 0.450 e. The van der Waals surface area contributed by atoms with E-state index in [-0.39, 0.29) is 0 Å². The SMILES string of the molecule is CC1(C)C2CCC1(C)C(C(=O)C(F)(F)F)C2=O. The van der Waals surface area contributed by atoms with Crippen LogP contribution >= 0.6 is 0 Å². The molecule has 0 radical (unpaired) electrons. The van der Waals surface area contributed by atoms with Crippen molar-refractivity contribution in [3.05, 3.63) is 0 Å².